The van der Waals surface area contributed by atoms with Crippen molar-refractivity contribution >= 4 is 28.4 Å². The summed E-state index contributed by atoms with van der Waals surface area (Å²) in [5, 5.41) is 3.16. The van der Waals surface area contributed by atoms with Crippen molar-refractivity contribution in [1.82, 2.24) is 15.2 Å². The van der Waals surface area contributed by atoms with Crippen LogP contribution in [0.5, 0.6) is 5.75 Å². The summed E-state index contributed by atoms with van der Waals surface area (Å²) in [5.41, 5.74) is 1.23. The molecule has 1 aliphatic heterocycles. The molecule has 29 heavy (non-hydrogen) atoms. The van der Waals surface area contributed by atoms with E-state index in [0.29, 0.717) is 40.9 Å². The zero-order valence-electron chi connectivity index (χ0n) is 15.7. The largest absolute Gasteiger partial charge is 0.573 e. The van der Waals surface area contributed by atoms with E-state index in [9.17, 15) is 22.8 Å². The Labute approximate surface area is 169 Å². The summed E-state index contributed by atoms with van der Waals surface area (Å²) in [6.07, 6.45) is -4.74. The lowest BCUT2D eigenvalue weighted by Crippen LogP contribution is -2.31. The highest BCUT2D eigenvalue weighted by Crippen LogP contribution is 2.29. The van der Waals surface area contributed by atoms with E-state index in [1.807, 2.05) is 6.92 Å². The van der Waals surface area contributed by atoms with Gasteiger partial charge < -0.3 is 15.0 Å². The fourth-order valence-electron chi connectivity index (χ4n) is 2.87. The molecule has 1 aromatic heterocycles. The third-order valence-electron chi connectivity index (χ3n) is 4.19. The lowest BCUT2D eigenvalue weighted by molar-refractivity contribution is -0.274. The van der Waals surface area contributed by atoms with Crippen LogP contribution in [0.1, 0.15) is 27.9 Å². The molecule has 156 valence electrons. The molecule has 0 bridgehead atoms. The van der Waals surface area contributed by atoms with E-state index in [1.54, 1.807) is 11.8 Å². The summed E-state index contributed by atoms with van der Waals surface area (Å²) in [4.78, 5) is 32.7. The Balaban J connectivity index is 1.66. The van der Waals surface area contributed by atoms with Crippen LogP contribution in [0.4, 0.5) is 23.1 Å². The first-order valence-electron chi connectivity index (χ1n) is 8.84. The number of ether oxygens (including phenoxy) is 1. The summed E-state index contributed by atoms with van der Waals surface area (Å²) in [6, 6.07) is 5.13. The fourth-order valence-corrected chi connectivity index (χ4v) is 3.88. The maximum atomic E-state index is 12.7. The first-order chi connectivity index (χ1) is 13.7. The van der Waals surface area contributed by atoms with E-state index in [2.05, 4.69) is 15.0 Å². The van der Waals surface area contributed by atoms with E-state index in [4.69, 9.17) is 0 Å². The molecule has 0 radical (unpaired) electrons. The quantitative estimate of drug-likeness (QED) is 0.764. The molecule has 1 saturated heterocycles. The molecule has 1 aromatic carbocycles. The number of alkyl halides is 3. The number of hydrogen-bond donors (Lipinski definition) is 1. The van der Waals surface area contributed by atoms with Crippen molar-refractivity contribution in [3.05, 3.63) is 40.4 Å². The number of amides is 3. The molecule has 0 atom stereocenters. The number of thiazole rings is 1. The minimum Gasteiger partial charge on any atom is -0.406 e. The van der Waals surface area contributed by atoms with Gasteiger partial charge in [0.2, 0.25) is 0 Å². The van der Waals surface area contributed by atoms with Gasteiger partial charge in [0.25, 0.3) is 5.91 Å². The standard InChI is InChI=1S/C18H19F3N4O3S/c1-3-22-15(26)14-11(2)23-16(29-14)25-9-8-24(17(25)27)10-12-4-6-13(7-5-12)28-18(19,20)21/h4-7H,3,8-10H2,1-2H3,(H,22,26). The second-order valence-electron chi connectivity index (χ2n) is 6.32. The highest BCUT2D eigenvalue weighted by Gasteiger charge is 2.33. The van der Waals surface area contributed by atoms with Crippen molar-refractivity contribution in [3.8, 4) is 5.75 Å². The van der Waals surface area contributed by atoms with Gasteiger partial charge in [0, 0.05) is 26.2 Å². The van der Waals surface area contributed by atoms with Crippen LogP contribution in [-0.2, 0) is 6.54 Å². The van der Waals surface area contributed by atoms with Crippen LogP contribution in [0.15, 0.2) is 24.3 Å². The Morgan fingerprint density at radius 1 is 1.28 bits per heavy atom. The summed E-state index contributed by atoms with van der Waals surface area (Å²) >= 11 is 1.16. The Kier molecular flexibility index (Phi) is 5.96. The molecule has 2 heterocycles. The number of anilines is 1. The first kappa shape index (κ1) is 20.9. The van der Waals surface area contributed by atoms with Crippen molar-refractivity contribution in [2.24, 2.45) is 0 Å². The van der Waals surface area contributed by atoms with Crippen LogP contribution in [0, 0.1) is 6.92 Å². The molecule has 2 aromatic rings. The molecule has 1 fully saturated rings. The van der Waals surface area contributed by atoms with Crippen molar-refractivity contribution in [2.45, 2.75) is 26.8 Å². The van der Waals surface area contributed by atoms with Gasteiger partial charge in [-0.1, -0.05) is 23.5 Å². The Morgan fingerprint density at radius 3 is 2.59 bits per heavy atom. The predicted octanol–water partition coefficient (Wildman–Crippen LogP) is 3.54. The number of carbonyl (C=O) groups is 2. The minimum atomic E-state index is -4.74. The van der Waals surface area contributed by atoms with Gasteiger partial charge in [-0.25, -0.2) is 9.78 Å². The number of carbonyl (C=O) groups excluding carboxylic acids is 2. The van der Waals surface area contributed by atoms with Crippen molar-refractivity contribution < 1.29 is 27.5 Å². The number of aromatic nitrogens is 1. The zero-order valence-corrected chi connectivity index (χ0v) is 16.6. The van der Waals surface area contributed by atoms with E-state index < -0.39 is 6.36 Å². The fraction of sp³-hybridized carbons (Fsp3) is 0.389. The van der Waals surface area contributed by atoms with Crippen molar-refractivity contribution in [2.75, 3.05) is 24.5 Å². The SMILES string of the molecule is CCNC(=O)c1sc(N2CCN(Cc3ccc(OC(F)(F)F)cc3)C2=O)nc1C. The Bertz CT molecular complexity index is 899. The van der Waals surface area contributed by atoms with Crippen LogP contribution in [0.25, 0.3) is 0 Å². The second kappa shape index (κ2) is 8.27. The smallest absolute Gasteiger partial charge is 0.406 e. The van der Waals surface area contributed by atoms with Crippen LogP contribution in [0.2, 0.25) is 0 Å². The molecule has 11 heteroatoms. The number of nitrogens with zero attached hydrogens (tertiary/aromatic N) is 3. The van der Waals surface area contributed by atoms with Gasteiger partial charge in [-0.3, -0.25) is 9.69 Å². The number of benzene rings is 1. The average molecular weight is 428 g/mol. The van der Waals surface area contributed by atoms with Crippen molar-refractivity contribution in [3.63, 3.8) is 0 Å². The van der Waals surface area contributed by atoms with Crippen LogP contribution in [0.3, 0.4) is 0 Å². The summed E-state index contributed by atoms with van der Waals surface area (Å²) in [6.45, 7) is 5.13. The van der Waals surface area contributed by atoms with Crippen LogP contribution >= 0.6 is 11.3 Å². The molecule has 1 N–H and O–H groups in total. The van der Waals surface area contributed by atoms with E-state index in [1.165, 1.54) is 29.2 Å². The molecule has 3 rings (SSSR count). The summed E-state index contributed by atoms with van der Waals surface area (Å²) < 4.78 is 40.6. The highest BCUT2D eigenvalue weighted by molar-refractivity contribution is 7.17. The Hall–Kier alpha value is -2.82. The van der Waals surface area contributed by atoms with Gasteiger partial charge in [-0.2, -0.15) is 0 Å². The number of urea groups is 1. The van der Waals surface area contributed by atoms with Gasteiger partial charge in [-0.05, 0) is 31.5 Å². The maximum Gasteiger partial charge on any atom is 0.573 e. The molecule has 1 aliphatic rings. The highest BCUT2D eigenvalue weighted by atomic mass is 32.1. The topological polar surface area (TPSA) is 74.8 Å². The molecule has 0 spiro atoms. The van der Waals surface area contributed by atoms with Gasteiger partial charge in [0.15, 0.2) is 5.13 Å². The maximum absolute atomic E-state index is 12.7. The number of nitrogens with one attached hydrogen (secondary N) is 1. The first-order valence-corrected chi connectivity index (χ1v) is 9.66. The third-order valence-corrected chi connectivity index (χ3v) is 5.36. The molecule has 3 amide bonds. The van der Waals surface area contributed by atoms with Crippen LogP contribution in [-0.4, -0.2) is 47.8 Å². The summed E-state index contributed by atoms with van der Waals surface area (Å²) in [5.74, 6) is -0.537. The van der Waals surface area contributed by atoms with Gasteiger partial charge >= 0.3 is 12.4 Å². The van der Waals surface area contributed by atoms with Crippen LogP contribution < -0.4 is 15.0 Å². The predicted molar refractivity (Wildman–Crippen MR) is 101 cm³/mol. The van der Waals surface area contributed by atoms with E-state index in [-0.39, 0.29) is 24.2 Å². The molecule has 0 saturated carbocycles. The lowest BCUT2D eigenvalue weighted by Gasteiger charge is -2.17. The Morgan fingerprint density at radius 2 is 1.97 bits per heavy atom. The third kappa shape index (κ3) is 4.97. The van der Waals surface area contributed by atoms with E-state index >= 15 is 0 Å². The minimum absolute atomic E-state index is 0.224. The molecule has 7 nitrogen and oxygen atoms in total. The number of rotatable bonds is 6. The van der Waals surface area contributed by atoms with Crippen molar-refractivity contribution in [1.29, 1.82) is 0 Å². The normalized spacial score (nSPS) is 14.4. The second-order valence-corrected chi connectivity index (χ2v) is 7.30. The van der Waals surface area contributed by atoms with Gasteiger partial charge in [0.05, 0.1) is 5.69 Å². The molecular formula is C18H19F3N4O3S. The molecule has 0 aliphatic carbocycles. The number of halogens is 3. The van der Waals surface area contributed by atoms with Gasteiger partial charge in [-0.15, -0.1) is 13.2 Å². The van der Waals surface area contributed by atoms with Gasteiger partial charge in [0.1, 0.15) is 10.6 Å². The number of aryl methyl sites for hydroxylation is 1. The van der Waals surface area contributed by atoms with E-state index in [0.717, 1.165) is 11.3 Å². The lowest BCUT2D eigenvalue weighted by atomic mass is 10.2. The zero-order chi connectivity index (χ0) is 21.2. The average Bonchev–Trinajstić information content (AvgIpc) is 3.19. The number of hydrogen-bond acceptors (Lipinski definition) is 5. The monoisotopic (exact) mass is 428 g/mol. The summed E-state index contributed by atoms with van der Waals surface area (Å²) in [7, 11) is 0. The molecule has 0 unspecified atom stereocenters. The molecular weight excluding hydrogens is 409 g/mol.